The van der Waals surface area contributed by atoms with Gasteiger partial charge in [0.1, 0.15) is 0 Å². The van der Waals surface area contributed by atoms with Crippen LogP contribution in [-0.4, -0.2) is 18.4 Å². The van der Waals surface area contributed by atoms with Gasteiger partial charge >= 0.3 is 0 Å². The van der Waals surface area contributed by atoms with E-state index in [1.807, 2.05) is 19.9 Å². The summed E-state index contributed by atoms with van der Waals surface area (Å²) >= 11 is 0. The Balaban J connectivity index is 1.92. The fourth-order valence-corrected chi connectivity index (χ4v) is 2.61. The molecular weight excluding hydrogens is 256 g/mol. The molecule has 0 unspecified atom stereocenters. The van der Waals surface area contributed by atoms with Crippen molar-refractivity contribution < 1.29 is 19.1 Å². The maximum Gasteiger partial charge on any atom is 0.231 e. The lowest BCUT2D eigenvalue weighted by Gasteiger charge is -2.28. The van der Waals surface area contributed by atoms with Crippen molar-refractivity contribution in [3.8, 4) is 11.5 Å². The van der Waals surface area contributed by atoms with Gasteiger partial charge in [-0.05, 0) is 29.2 Å². The third kappa shape index (κ3) is 2.33. The van der Waals surface area contributed by atoms with Gasteiger partial charge in [0.15, 0.2) is 23.1 Å². The van der Waals surface area contributed by atoms with Gasteiger partial charge in [-0.3, -0.25) is 9.59 Å². The first-order valence-corrected chi connectivity index (χ1v) is 6.62. The minimum atomic E-state index is -0.236. The molecule has 20 heavy (non-hydrogen) atoms. The Bertz CT molecular complexity index is 603. The molecule has 1 heterocycles. The maximum atomic E-state index is 12.1. The number of Topliss-reactive ketones (excluding diaryl/α,β-unsaturated/α-hetero) is 2. The number of ether oxygens (including phenoxy) is 2. The van der Waals surface area contributed by atoms with Crippen molar-refractivity contribution in [2.24, 2.45) is 5.41 Å². The van der Waals surface area contributed by atoms with Crippen LogP contribution in [0.5, 0.6) is 11.5 Å². The number of carbonyl (C=O) groups excluding carboxylic acids is 2. The maximum absolute atomic E-state index is 12.1. The van der Waals surface area contributed by atoms with Crippen molar-refractivity contribution in [3.63, 3.8) is 0 Å². The summed E-state index contributed by atoms with van der Waals surface area (Å²) in [6.07, 6.45) is 2.48. The predicted octanol–water partition coefficient (Wildman–Crippen LogP) is 2.76. The van der Waals surface area contributed by atoms with Gasteiger partial charge in [0.25, 0.3) is 0 Å². The van der Waals surface area contributed by atoms with Gasteiger partial charge in [-0.15, -0.1) is 0 Å². The van der Waals surface area contributed by atoms with Crippen LogP contribution < -0.4 is 9.47 Å². The van der Waals surface area contributed by atoms with E-state index in [9.17, 15) is 9.59 Å². The van der Waals surface area contributed by atoms with Gasteiger partial charge in [-0.25, -0.2) is 0 Å². The van der Waals surface area contributed by atoms with Crippen LogP contribution in [0.4, 0.5) is 0 Å². The fourth-order valence-electron chi connectivity index (χ4n) is 2.61. The monoisotopic (exact) mass is 272 g/mol. The number of rotatable bonds is 1. The molecule has 1 saturated carbocycles. The lowest BCUT2D eigenvalue weighted by molar-refractivity contribution is -0.127. The molecule has 0 spiro atoms. The zero-order valence-corrected chi connectivity index (χ0v) is 11.6. The molecule has 1 fully saturated rings. The Morgan fingerprint density at radius 3 is 2.40 bits per heavy atom. The number of hydrogen-bond acceptors (Lipinski definition) is 4. The van der Waals surface area contributed by atoms with E-state index in [1.165, 1.54) is 0 Å². The zero-order chi connectivity index (χ0) is 14.3. The molecule has 0 bridgehead atoms. The van der Waals surface area contributed by atoms with Crippen LogP contribution in [0.3, 0.4) is 0 Å². The normalized spacial score (nSPS) is 20.2. The summed E-state index contributed by atoms with van der Waals surface area (Å²) in [4.78, 5) is 24.2. The third-order valence-corrected chi connectivity index (χ3v) is 3.59. The van der Waals surface area contributed by atoms with E-state index < -0.39 is 0 Å². The van der Waals surface area contributed by atoms with Crippen molar-refractivity contribution in [2.75, 3.05) is 6.79 Å². The summed E-state index contributed by atoms with van der Waals surface area (Å²) in [6.45, 7) is 4.10. The molecule has 1 aliphatic heterocycles. The zero-order valence-electron chi connectivity index (χ0n) is 11.6. The summed E-state index contributed by atoms with van der Waals surface area (Å²) < 4.78 is 10.5. The van der Waals surface area contributed by atoms with E-state index in [0.717, 1.165) is 5.56 Å². The van der Waals surface area contributed by atoms with E-state index in [4.69, 9.17) is 9.47 Å². The Hall–Kier alpha value is -2.10. The minimum Gasteiger partial charge on any atom is -0.454 e. The first-order chi connectivity index (χ1) is 9.44. The van der Waals surface area contributed by atoms with Crippen LogP contribution in [-0.2, 0) is 9.59 Å². The molecule has 1 aromatic carbocycles. The Kier molecular flexibility index (Phi) is 2.89. The van der Waals surface area contributed by atoms with Gasteiger partial charge in [0.05, 0.1) is 5.57 Å². The molecule has 0 radical (unpaired) electrons. The van der Waals surface area contributed by atoms with Crippen molar-refractivity contribution in [3.05, 3.63) is 29.3 Å². The van der Waals surface area contributed by atoms with Crippen molar-refractivity contribution in [1.29, 1.82) is 0 Å². The number of allylic oxidation sites excluding steroid dienone is 1. The number of hydrogen-bond donors (Lipinski definition) is 0. The largest absolute Gasteiger partial charge is 0.454 e. The van der Waals surface area contributed by atoms with E-state index in [2.05, 4.69) is 0 Å². The minimum absolute atomic E-state index is 0.0797. The van der Waals surface area contributed by atoms with Crippen LogP contribution in [0.15, 0.2) is 23.8 Å². The molecule has 2 aliphatic rings. The van der Waals surface area contributed by atoms with E-state index in [1.54, 1.807) is 18.2 Å². The predicted molar refractivity (Wildman–Crippen MR) is 73.6 cm³/mol. The average Bonchev–Trinajstić information content (AvgIpc) is 2.80. The highest BCUT2D eigenvalue weighted by Crippen LogP contribution is 2.36. The number of benzene rings is 1. The van der Waals surface area contributed by atoms with Crippen LogP contribution in [0.2, 0.25) is 0 Å². The van der Waals surface area contributed by atoms with Crippen molar-refractivity contribution in [1.82, 2.24) is 0 Å². The van der Waals surface area contributed by atoms with Gasteiger partial charge in [-0.1, -0.05) is 19.9 Å². The van der Waals surface area contributed by atoms with Crippen LogP contribution in [0.1, 0.15) is 32.3 Å². The van der Waals surface area contributed by atoms with E-state index in [0.29, 0.717) is 29.9 Å². The van der Waals surface area contributed by atoms with Gasteiger partial charge < -0.3 is 9.47 Å². The summed E-state index contributed by atoms with van der Waals surface area (Å²) in [7, 11) is 0. The number of ketones is 2. The second-order valence-corrected chi connectivity index (χ2v) is 6.03. The van der Waals surface area contributed by atoms with Crippen LogP contribution in [0, 0.1) is 5.41 Å². The molecule has 3 rings (SSSR count). The summed E-state index contributed by atoms with van der Waals surface area (Å²) in [6, 6.07) is 5.40. The molecular formula is C16H16O4. The fraction of sp³-hybridized carbons (Fsp3) is 0.375. The third-order valence-electron chi connectivity index (χ3n) is 3.59. The molecule has 0 amide bonds. The first kappa shape index (κ1) is 12.9. The summed E-state index contributed by atoms with van der Waals surface area (Å²) in [5.41, 5.74) is 0.842. The Labute approximate surface area is 117 Å². The molecule has 4 nitrogen and oxygen atoms in total. The van der Waals surface area contributed by atoms with Crippen molar-refractivity contribution in [2.45, 2.75) is 26.7 Å². The SMILES string of the molecule is CC1(C)CC(=O)C(=Cc2ccc3c(c2)OCO3)C(=O)C1. The Morgan fingerprint density at radius 2 is 1.70 bits per heavy atom. The lowest BCUT2D eigenvalue weighted by Crippen LogP contribution is -2.31. The highest BCUT2D eigenvalue weighted by atomic mass is 16.7. The van der Waals surface area contributed by atoms with E-state index in [-0.39, 0.29) is 23.8 Å². The van der Waals surface area contributed by atoms with Gasteiger partial charge in [0.2, 0.25) is 6.79 Å². The second-order valence-electron chi connectivity index (χ2n) is 6.03. The second kappa shape index (κ2) is 4.47. The van der Waals surface area contributed by atoms with Crippen molar-refractivity contribution >= 4 is 17.6 Å². The average molecular weight is 272 g/mol. The Morgan fingerprint density at radius 1 is 1.05 bits per heavy atom. The lowest BCUT2D eigenvalue weighted by atomic mass is 9.74. The number of fused-ring (bicyclic) bond motifs is 1. The molecule has 1 aromatic rings. The van der Waals surface area contributed by atoms with Crippen LogP contribution in [0.25, 0.3) is 6.08 Å². The number of carbonyl (C=O) groups is 2. The molecule has 0 atom stereocenters. The summed E-state index contributed by atoms with van der Waals surface area (Å²) in [5, 5.41) is 0. The van der Waals surface area contributed by atoms with Gasteiger partial charge in [0, 0.05) is 12.8 Å². The molecule has 0 aromatic heterocycles. The summed E-state index contributed by atoms with van der Waals surface area (Å²) in [5.74, 6) is 1.18. The molecule has 0 saturated heterocycles. The topological polar surface area (TPSA) is 52.6 Å². The highest BCUT2D eigenvalue weighted by molar-refractivity contribution is 6.25. The van der Waals surface area contributed by atoms with Crippen LogP contribution >= 0.6 is 0 Å². The smallest absolute Gasteiger partial charge is 0.231 e. The first-order valence-electron chi connectivity index (χ1n) is 6.62. The van der Waals surface area contributed by atoms with Gasteiger partial charge in [-0.2, -0.15) is 0 Å². The van der Waals surface area contributed by atoms with E-state index >= 15 is 0 Å². The molecule has 0 N–H and O–H groups in total. The molecule has 4 heteroatoms. The molecule has 1 aliphatic carbocycles. The standard InChI is InChI=1S/C16H16O4/c1-16(2)7-12(17)11(13(18)8-16)5-10-3-4-14-15(6-10)20-9-19-14/h3-6H,7-9H2,1-2H3. The molecule has 104 valence electrons. The quantitative estimate of drug-likeness (QED) is 0.582. The highest BCUT2D eigenvalue weighted by Gasteiger charge is 2.35.